The maximum Gasteiger partial charge on any atom is 0.273 e. The normalized spacial score (nSPS) is 10.2. The number of hydrogen-bond acceptors (Lipinski definition) is 5. The van der Waals surface area contributed by atoms with Crippen molar-refractivity contribution in [3.05, 3.63) is 64.2 Å². The summed E-state index contributed by atoms with van der Waals surface area (Å²) in [5, 5.41) is 13.5. The number of anilines is 1. The number of carbonyl (C=O) groups excluding carboxylic acids is 1. The highest BCUT2D eigenvalue weighted by Crippen LogP contribution is 2.19. The monoisotopic (exact) mass is 357 g/mol. The largest absolute Gasteiger partial charge is 0.484 e. The van der Waals surface area contributed by atoms with E-state index in [1.54, 1.807) is 6.07 Å². The van der Waals surface area contributed by atoms with Gasteiger partial charge in [-0.15, -0.1) is 0 Å². The van der Waals surface area contributed by atoms with Crippen LogP contribution in [0, 0.1) is 17.0 Å². The Bertz CT molecular complexity index is 764. The minimum absolute atomic E-state index is 0.0698. The van der Waals surface area contributed by atoms with Gasteiger partial charge in [0, 0.05) is 31.4 Å². The lowest BCUT2D eigenvalue weighted by Gasteiger charge is -2.23. The van der Waals surface area contributed by atoms with Gasteiger partial charge in [-0.1, -0.05) is 18.2 Å². The van der Waals surface area contributed by atoms with Gasteiger partial charge in [0.2, 0.25) is 0 Å². The molecule has 0 saturated carbocycles. The first-order valence-corrected chi connectivity index (χ1v) is 8.45. The van der Waals surface area contributed by atoms with Gasteiger partial charge < -0.3 is 15.0 Å². The van der Waals surface area contributed by atoms with Crippen LogP contribution in [0.15, 0.2) is 48.5 Å². The fourth-order valence-corrected chi connectivity index (χ4v) is 2.51. The first-order chi connectivity index (χ1) is 12.5. The quantitative estimate of drug-likeness (QED) is 0.551. The van der Waals surface area contributed by atoms with E-state index in [9.17, 15) is 14.9 Å². The molecule has 26 heavy (non-hydrogen) atoms. The zero-order chi connectivity index (χ0) is 18.9. The van der Waals surface area contributed by atoms with Crippen LogP contribution >= 0.6 is 0 Å². The van der Waals surface area contributed by atoms with Crippen molar-refractivity contribution >= 4 is 17.3 Å². The lowest BCUT2D eigenvalue weighted by Crippen LogP contribution is -2.37. The summed E-state index contributed by atoms with van der Waals surface area (Å²) in [4.78, 5) is 24.3. The summed E-state index contributed by atoms with van der Waals surface area (Å²) < 4.78 is 5.31. The Kier molecular flexibility index (Phi) is 6.96. The van der Waals surface area contributed by atoms with Crippen LogP contribution in [-0.4, -0.2) is 37.1 Å². The van der Waals surface area contributed by atoms with Gasteiger partial charge in [-0.3, -0.25) is 14.9 Å². The van der Waals surface area contributed by atoms with Crippen LogP contribution in [0.2, 0.25) is 0 Å². The summed E-state index contributed by atoms with van der Waals surface area (Å²) in [7, 11) is 0. The molecular formula is C19H23N3O4. The molecule has 2 rings (SSSR count). The predicted molar refractivity (Wildman–Crippen MR) is 101 cm³/mol. The van der Waals surface area contributed by atoms with Gasteiger partial charge in [-0.25, -0.2) is 0 Å². The van der Waals surface area contributed by atoms with E-state index >= 15 is 0 Å². The number of likely N-dealkylation sites (N-methyl/N-ethyl adjacent to an activating group) is 1. The number of nitro groups is 1. The summed E-state index contributed by atoms with van der Waals surface area (Å²) in [6.45, 7) is 5.93. The molecule has 0 fully saturated rings. The Hall–Kier alpha value is -3.09. The highest BCUT2D eigenvalue weighted by molar-refractivity contribution is 5.77. The van der Waals surface area contributed by atoms with E-state index in [0.717, 1.165) is 12.2 Å². The van der Waals surface area contributed by atoms with Crippen molar-refractivity contribution < 1.29 is 14.5 Å². The number of nitrogens with one attached hydrogen (secondary N) is 1. The minimum Gasteiger partial charge on any atom is -0.484 e. The van der Waals surface area contributed by atoms with Crippen molar-refractivity contribution in [2.24, 2.45) is 0 Å². The molecule has 2 aromatic carbocycles. The fourth-order valence-electron chi connectivity index (χ4n) is 2.51. The molecule has 2 aromatic rings. The van der Waals surface area contributed by atoms with E-state index in [1.165, 1.54) is 23.8 Å². The summed E-state index contributed by atoms with van der Waals surface area (Å²) in [6, 6.07) is 14.0. The van der Waals surface area contributed by atoms with Gasteiger partial charge in [0.1, 0.15) is 5.75 Å². The second-order valence-corrected chi connectivity index (χ2v) is 5.81. The molecule has 138 valence electrons. The van der Waals surface area contributed by atoms with Gasteiger partial charge in [-0.2, -0.15) is 0 Å². The SMILES string of the molecule is CCN(CCNC(=O)COc1cccc([N+](=O)[O-])c1)c1cccc(C)c1. The summed E-state index contributed by atoms with van der Waals surface area (Å²) in [6.07, 6.45) is 0. The highest BCUT2D eigenvalue weighted by Gasteiger charge is 2.09. The van der Waals surface area contributed by atoms with Crippen LogP contribution in [0.5, 0.6) is 5.75 Å². The molecule has 1 amide bonds. The van der Waals surface area contributed by atoms with Gasteiger partial charge in [-0.05, 0) is 37.6 Å². The Morgan fingerprint density at radius 1 is 1.23 bits per heavy atom. The molecule has 0 aliphatic heterocycles. The highest BCUT2D eigenvalue weighted by atomic mass is 16.6. The van der Waals surface area contributed by atoms with E-state index in [2.05, 4.69) is 23.2 Å². The number of nitrogens with zero attached hydrogens (tertiary/aromatic N) is 2. The lowest BCUT2D eigenvalue weighted by molar-refractivity contribution is -0.384. The van der Waals surface area contributed by atoms with Crippen LogP contribution < -0.4 is 15.0 Å². The molecular weight excluding hydrogens is 334 g/mol. The van der Waals surface area contributed by atoms with Gasteiger partial charge in [0.15, 0.2) is 6.61 Å². The molecule has 0 saturated heterocycles. The van der Waals surface area contributed by atoms with E-state index in [4.69, 9.17) is 4.74 Å². The predicted octanol–water partition coefficient (Wildman–Crippen LogP) is 2.92. The molecule has 1 N–H and O–H groups in total. The Morgan fingerprint density at radius 3 is 2.69 bits per heavy atom. The number of nitro benzene ring substituents is 1. The van der Waals surface area contributed by atoms with Crippen molar-refractivity contribution in [3.8, 4) is 5.75 Å². The number of rotatable bonds is 9. The maximum atomic E-state index is 11.9. The minimum atomic E-state index is -0.502. The fraction of sp³-hybridized carbons (Fsp3) is 0.316. The third-order valence-corrected chi connectivity index (χ3v) is 3.85. The number of aryl methyl sites for hydroxylation is 1. The van der Waals surface area contributed by atoms with E-state index < -0.39 is 4.92 Å². The molecule has 0 aliphatic carbocycles. The van der Waals surface area contributed by atoms with Crippen LogP contribution in [0.1, 0.15) is 12.5 Å². The van der Waals surface area contributed by atoms with Crippen molar-refractivity contribution in [1.29, 1.82) is 0 Å². The molecule has 0 aromatic heterocycles. The molecule has 0 atom stereocenters. The number of hydrogen-bond donors (Lipinski definition) is 1. The molecule has 0 spiro atoms. The second-order valence-electron chi connectivity index (χ2n) is 5.81. The number of benzene rings is 2. The zero-order valence-electron chi connectivity index (χ0n) is 15.0. The third-order valence-electron chi connectivity index (χ3n) is 3.85. The average Bonchev–Trinajstić information content (AvgIpc) is 2.63. The summed E-state index contributed by atoms with van der Waals surface area (Å²) >= 11 is 0. The summed E-state index contributed by atoms with van der Waals surface area (Å²) in [5.41, 5.74) is 2.24. The standard InChI is InChI=1S/C19H23N3O4/c1-3-21(16-7-4-6-15(2)12-16)11-10-20-19(23)14-26-18-9-5-8-17(13-18)22(24)25/h4-9,12-13H,3,10-11,14H2,1-2H3,(H,20,23). The third kappa shape index (κ3) is 5.77. The van der Waals surface area contributed by atoms with Crippen LogP contribution in [0.4, 0.5) is 11.4 Å². The van der Waals surface area contributed by atoms with E-state index in [-0.39, 0.29) is 18.2 Å². The summed E-state index contributed by atoms with van der Waals surface area (Å²) in [5.74, 6) is 0.0288. The van der Waals surface area contributed by atoms with Gasteiger partial charge in [0.05, 0.1) is 11.0 Å². The number of ether oxygens (including phenoxy) is 1. The zero-order valence-corrected chi connectivity index (χ0v) is 15.0. The van der Waals surface area contributed by atoms with Gasteiger partial charge >= 0.3 is 0 Å². The number of amides is 1. The van der Waals surface area contributed by atoms with Crippen molar-refractivity contribution in [2.45, 2.75) is 13.8 Å². The first-order valence-electron chi connectivity index (χ1n) is 8.45. The second kappa shape index (κ2) is 9.41. The first kappa shape index (κ1) is 19.2. The van der Waals surface area contributed by atoms with Gasteiger partial charge in [0.25, 0.3) is 11.6 Å². The van der Waals surface area contributed by atoms with Crippen LogP contribution in [0.25, 0.3) is 0 Å². The molecule has 7 heteroatoms. The van der Waals surface area contributed by atoms with Crippen molar-refractivity contribution in [1.82, 2.24) is 5.32 Å². The Labute approximate surface area is 152 Å². The van der Waals surface area contributed by atoms with Crippen LogP contribution in [0.3, 0.4) is 0 Å². The van der Waals surface area contributed by atoms with Crippen LogP contribution in [-0.2, 0) is 4.79 Å². The topological polar surface area (TPSA) is 84.7 Å². The maximum absolute atomic E-state index is 11.9. The molecule has 7 nitrogen and oxygen atoms in total. The average molecular weight is 357 g/mol. The Balaban J connectivity index is 1.78. The van der Waals surface area contributed by atoms with Crippen molar-refractivity contribution in [2.75, 3.05) is 31.1 Å². The number of non-ortho nitro benzene ring substituents is 1. The van der Waals surface area contributed by atoms with E-state index in [1.807, 2.05) is 25.1 Å². The molecule has 0 heterocycles. The number of carbonyl (C=O) groups is 1. The Morgan fingerprint density at radius 2 is 2.00 bits per heavy atom. The molecule has 0 unspecified atom stereocenters. The molecule has 0 bridgehead atoms. The van der Waals surface area contributed by atoms with E-state index in [0.29, 0.717) is 18.8 Å². The van der Waals surface area contributed by atoms with Crippen molar-refractivity contribution in [3.63, 3.8) is 0 Å². The smallest absolute Gasteiger partial charge is 0.273 e. The molecule has 0 radical (unpaired) electrons. The molecule has 0 aliphatic rings. The lowest BCUT2D eigenvalue weighted by atomic mass is 10.2.